The second kappa shape index (κ2) is 17.7. The number of nitrogens with zero attached hydrogens (tertiary/aromatic N) is 6. The largest absolute Gasteiger partial charge is 2.00 e. The van der Waals surface area contributed by atoms with Crippen LogP contribution in [0.4, 0.5) is 0 Å². The van der Waals surface area contributed by atoms with Crippen LogP contribution >= 0.6 is 11.3 Å². The number of rotatable bonds is 9. The van der Waals surface area contributed by atoms with Crippen LogP contribution in [0.1, 0.15) is 163 Å². The molecule has 1 saturated carbocycles. The van der Waals surface area contributed by atoms with Crippen molar-refractivity contribution in [2.75, 3.05) is 0 Å². The molecular weight excluding hydrogens is 1020 g/mol. The van der Waals surface area contributed by atoms with Gasteiger partial charge in [-0.05, 0) is 146 Å². The Kier molecular flexibility index (Phi) is 11.4. The summed E-state index contributed by atoms with van der Waals surface area (Å²) in [5, 5.41) is 0.919. The summed E-state index contributed by atoms with van der Waals surface area (Å²) in [5.41, 5.74) is 12.8. The van der Waals surface area contributed by atoms with E-state index >= 15 is 0 Å². The molecule has 5 aromatic heterocycles. The van der Waals surface area contributed by atoms with Crippen molar-refractivity contribution in [2.45, 2.75) is 138 Å². The molecule has 0 spiro atoms. The van der Waals surface area contributed by atoms with Crippen LogP contribution in [0.25, 0.3) is 65.7 Å². The third kappa shape index (κ3) is 8.67. The van der Waals surface area contributed by atoms with Gasteiger partial charge >= 0.3 is 21.1 Å². The Balaban J connectivity index is 0.00000608. The number of hydrogen-bond acceptors (Lipinski definition) is 6. The molecule has 0 saturated heterocycles. The molecule has 4 aromatic carbocycles. The maximum absolute atomic E-state index is 8.41. The number of hydrogen-bond donors (Lipinski definition) is 0. The molecule has 0 N–H and O–H groups in total. The van der Waals surface area contributed by atoms with Crippen LogP contribution in [0.5, 0.6) is 11.5 Å². The van der Waals surface area contributed by atoms with Gasteiger partial charge in [-0.1, -0.05) is 119 Å². The monoisotopic (exact) mass is 1090 g/mol. The fourth-order valence-electron chi connectivity index (χ4n) is 9.95. The first-order valence-electron chi connectivity index (χ1n) is 25.2. The molecule has 0 atom stereocenters. The first kappa shape index (κ1) is 43.1. The van der Waals surface area contributed by atoms with Gasteiger partial charge in [0.25, 0.3) is 0 Å². The normalized spacial score (nSPS) is 15.5. The van der Waals surface area contributed by atoms with Crippen LogP contribution in [0.15, 0.2) is 85.2 Å². The predicted molar refractivity (Wildman–Crippen MR) is 274 cm³/mol. The molecule has 0 unspecified atom stereocenters. The number of para-hydroxylation sites is 2. The van der Waals surface area contributed by atoms with Crippen molar-refractivity contribution in [1.29, 1.82) is 0 Å². The van der Waals surface area contributed by atoms with Crippen LogP contribution < -0.4 is 4.74 Å². The molecule has 0 amide bonds. The number of ether oxygens (including phenoxy) is 1. The van der Waals surface area contributed by atoms with Crippen molar-refractivity contribution in [3.63, 3.8) is 0 Å². The zero-order valence-electron chi connectivity index (χ0n) is 43.5. The fourth-order valence-corrected chi connectivity index (χ4v) is 11.1. The van der Waals surface area contributed by atoms with Gasteiger partial charge in [-0.3, -0.25) is 9.55 Å². The van der Waals surface area contributed by atoms with Gasteiger partial charge in [0.1, 0.15) is 10.8 Å². The number of aromatic nitrogens is 6. The summed E-state index contributed by atoms with van der Waals surface area (Å²) in [6, 6.07) is 32.5. The molecule has 1 fully saturated rings. The summed E-state index contributed by atoms with van der Waals surface area (Å²) in [5.74, 6) is 3.85. The first-order chi connectivity index (χ1) is 32.6. The molecular formula is C58H62N6OPtS. The van der Waals surface area contributed by atoms with E-state index in [1.165, 1.54) is 46.9 Å². The summed E-state index contributed by atoms with van der Waals surface area (Å²) in [6.07, 6.45) is 8.15. The van der Waals surface area contributed by atoms with Gasteiger partial charge in [-0.15, -0.1) is 23.8 Å². The van der Waals surface area contributed by atoms with Gasteiger partial charge < -0.3 is 14.1 Å². The number of thiazole rings is 1. The van der Waals surface area contributed by atoms with E-state index in [0.717, 1.165) is 61.7 Å². The molecule has 67 heavy (non-hydrogen) atoms. The number of aryl methyl sites for hydroxylation is 1. The molecule has 0 aliphatic heterocycles. The topological polar surface area (TPSA) is 70.1 Å². The Morgan fingerprint density at radius 1 is 0.806 bits per heavy atom. The number of fused-ring (bicyclic) bond motifs is 6. The Bertz CT molecular complexity index is 3410. The molecule has 10 rings (SSSR count). The SMILES string of the molecule is [2H]C([2H])([2H])c1cnc(-c2[c-]c(Oc3[c-]c4c(cc3)n3c5ccccc5nc3n4-c3cc(C4CCC(C)(C)CC4)ccn3)cc3nc(-c4c(C(C)C)cc(C(C)C)cc4C(C)C)sc23)cc1C(C)(C)C.[Pt+2]. The van der Waals surface area contributed by atoms with Gasteiger partial charge in [-0.25, -0.2) is 9.97 Å². The Morgan fingerprint density at radius 2 is 1.54 bits per heavy atom. The number of pyridine rings is 2. The summed E-state index contributed by atoms with van der Waals surface area (Å²) in [6.45, 7) is 22.1. The van der Waals surface area contributed by atoms with E-state index in [0.29, 0.717) is 45.6 Å². The van der Waals surface area contributed by atoms with Crippen molar-refractivity contribution in [3.05, 3.63) is 131 Å². The van der Waals surface area contributed by atoms with Crippen LogP contribution in [-0.2, 0) is 26.5 Å². The average molecular weight is 1090 g/mol. The summed E-state index contributed by atoms with van der Waals surface area (Å²) >= 11 is 1.63. The first-order valence-corrected chi connectivity index (χ1v) is 24.5. The second-order valence-corrected chi connectivity index (χ2v) is 22.3. The Hall–Kier alpha value is -5.17. The molecule has 9 aromatic rings. The zero-order valence-corrected chi connectivity index (χ0v) is 43.6. The van der Waals surface area contributed by atoms with Crippen LogP contribution in [0.2, 0.25) is 0 Å². The van der Waals surface area contributed by atoms with E-state index in [1.807, 2.05) is 63.4 Å². The molecule has 1 aliphatic carbocycles. The number of imidazole rings is 2. The molecule has 1 aliphatic rings. The number of benzene rings is 4. The van der Waals surface area contributed by atoms with E-state index < -0.39 is 12.3 Å². The molecule has 346 valence electrons. The van der Waals surface area contributed by atoms with Crippen molar-refractivity contribution in [2.24, 2.45) is 5.41 Å². The van der Waals surface area contributed by atoms with Crippen LogP contribution in [0.3, 0.4) is 0 Å². The maximum Gasteiger partial charge on any atom is 2.00 e. The summed E-state index contributed by atoms with van der Waals surface area (Å²) in [7, 11) is 0. The average Bonchev–Trinajstić information content (AvgIpc) is 3.98. The van der Waals surface area contributed by atoms with Crippen molar-refractivity contribution < 1.29 is 29.9 Å². The van der Waals surface area contributed by atoms with Gasteiger partial charge in [-0.2, -0.15) is 11.3 Å². The van der Waals surface area contributed by atoms with E-state index in [1.54, 1.807) is 11.3 Å². The minimum Gasteiger partial charge on any atom is -0.503 e. The molecule has 7 nitrogen and oxygen atoms in total. The van der Waals surface area contributed by atoms with Gasteiger partial charge in [0, 0.05) is 39.1 Å². The zero-order chi connectivity index (χ0) is 48.9. The molecule has 9 heteroatoms. The summed E-state index contributed by atoms with van der Waals surface area (Å²) in [4.78, 5) is 20.5. The second-order valence-electron chi connectivity index (χ2n) is 21.3. The molecule has 0 radical (unpaired) electrons. The fraction of sp³-hybridized carbons (Fsp3) is 0.379. The quantitative estimate of drug-likeness (QED) is 0.135. The van der Waals surface area contributed by atoms with Gasteiger partial charge in [0.05, 0.1) is 11.0 Å². The minimum atomic E-state index is -2.33. The van der Waals surface area contributed by atoms with Gasteiger partial charge in [0.15, 0.2) is 0 Å². The molecule has 5 heterocycles. The third-order valence-corrected chi connectivity index (χ3v) is 14.9. The maximum atomic E-state index is 8.41. The van der Waals surface area contributed by atoms with Crippen molar-refractivity contribution in [3.8, 4) is 39.1 Å². The van der Waals surface area contributed by atoms with E-state index in [9.17, 15) is 0 Å². The standard InChI is InChI=1S/C58H62N6OS.Pt/c1-33(2)39-25-42(34(3)4)53(43(26-39)35(5)6)55-61-48-29-41(28-44(54(48)66-55)47-31-45(57(8,9)10)36(7)32-60-47)65-40-17-18-50-51(30-40)64(56-62-46-15-13-14-16-49(46)63(50)56)52-27-38(21-24-59-52)37-19-22-58(11,12)23-20-37;/h13-18,21,24-27,29,31-35,37H,19-20,22-23H2,1-12H3;/q-2;+2/i7D3;. The molecule has 0 bridgehead atoms. The van der Waals surface area contributed by atoms with Crippen LogP contribution in [-0.4, -0.2) is 28.9 Å². The van der Waals surface area contributed by atoms with Crippen LogP contribution in [0, 0.1) is 24.4 Å². The third-order valence-electron chi connectivity index (χ3n) is 13.8. The smallest absolute Gasteiger partial charge is 0.503 e. The van der Waals surface area contributed by atoms with E-state index in [2.05, 4.69) is 113 Å². The van der Waals surface area contributed by atoms with Crippen molar-refractivity contribution in [1.82, 2.24) is 28.9 Å². The summed E-state index contributed by atoms with van der Waals surface area (Å²) < 4.78 is 37.3. The van der Waals surface area contributed by atoms with E-state index in [4.69, 9.17) is 28.8 Å². The Morgan fingerprint density at radius 3 is 2.22 bits per heavy atom. The van der Waals surface area contributed by atoms with Gasteiger partial charge in [0.2, 0.25) is 5.78 Å². The van der Waals surface area contributed by atoms with E-state index in [-0.39, 0.29) is 38.5 Å². The van der Waals surface area contributed by atoms with Crippen molar-refractivity contribution >= 4 is 49.4 Å². The Labute approximate surface area is 419 Å². The predicted octanol–water partition coefficient (Wildman–Crippen LogP) is 16.2. The minimum absolute atomic E-state index is 0.